The molecular formula is C28H24O15. The molecule has 226 valence electrons. The van der Waals surface area contributed by atoms with E-state index >= 15 is 0 Å². The number of ether oxygens (including phenoxy) is 2. The number of fused-ring (bicyclic) bond motifs is 1. The Morgan fingerprint density at radius 1 is 0.791 bits per heavy atom. The predicted octanol–water partition coefficient (Wildman–Crippen LogP) is 0.779. The van der Waals surface area contributed by atoms with Crippen LogP contribution in [0.4, 0.5) is 0 Å². The standard InChI is InChI=1S/C28H24O15/c29-8-19-23(38)24(39)27(43-28(40)10-4-16(35)22(37)17(36)5-10)26(42-19)21-14(33)6-13(32)20-15(34)7-18(41-25(20)21)9-1-2-11(30)12(31)3-9/h1-7,19,23-24,26-27,29-33,35-39H,8H2/t19?,23-,24+,26+,27?/m1/s1. The number of phenols is 7. The molecule has 5 rings (SSSR count). The molecule has 3 aromatic carbocycles. The average Bonchev–Trinajstić information content (AvgIpc) is 2.95. The van der Waals surface area contributed by atoms with Crippen LogP contribution in [0.1, 0.15) is 22.0 Å². The van der Waals surface area contributed by atoms with Crippen molar-refractivity contribution in [2.45, 2.75) is 30.5 Å². The van der Waals surface area contributed by atoms with Gasteiger partial charge in [-0.1, -0.05) is 0 Å². The van der Waals surface area contributed by atoms with Crippen LogP contribution >= 0.6 is 0 Å². The molecule has 0 saturated carbocycles. The number of esters is 1. The Bertz CT molecular complexity index is 1770. The normalized spacial score (nSPS) is 22.0. The SMILES string of the molecule is O=C(OC1[C@@H](O)[C@H](O)C(CO)O[C@H]1c1c(O)cc(O)c2c(=O)cc(-c3ccc(O)c(O)c3)oc12)c1cc(O)c(O)c(O)c1. The Kier molecular flexibility index (Phi) is 7.41. The van der Waals surface area contributed by atoms with Crippen LogP contribution in [-0.4, -0.2) is 88.1 Å². The van der Waals surface area contributed by atoms with Gasteiger partial charge >= 0.3 is 5.97 Å². The molecule has 0 aliphatic carbocycles. The maximum Gasteiger partial charge on any atom is 0.338 e. The van der Waals surface area contributed by atoms with Gasteiger partial charge in [-0.3, -0.25) is 4.79 Å². The van der Waals surface area contributed by atoms with Crippen molar-refractivity contribution in [1.82, 2.24) is 0 Å². The van der Waals surface area contributed by atoms with Crippen LogP contribution in [0.3, 0.4) is 0 Å². The van der Waals surface area contributed by atoms with E-state index in [-0.39, 0.29) is 11.3 Å². The highest BCUT2D eigenvalue weighted by molar-refractivity contribution is 5.92. The number of aromatic hydroxyl groups is 7. The molecule has 1 fully saturated rings. The van der Waals surface area contributed by atoms with Crippen LogP contribution in [0.25, 0.3) is 22.3 Å². The van der Waals surface area contributed by atoms with Crippen LogP contribution in [0.5, 0.6) is 40.2 Å². The summed E-state index contributed by atoms with van der Waals surface area (Å²) in [4.78, 5) is 26.1. The van der Waals surface area contributed by atoms with Crippen molar-refractivity contribution in [3.8, 4) is 51.6 Å². The predicted molar refractivity (Wildman–Crippen MR) is 142 cm³/mol. The topological polar surface area (TPSA) is 268 Å². The van der Waals surface area contributed by atoms with E-state index in [1.165, 1.54) is 6.07 Å². The third-order valence-corrected chi connectivity index (χ3v) is 6.96. The lowest BCUT2D eigenvalue weighted by Gasteiger charge is -2.42. The molecule has 5 atom stereocenters. The number of phenolic OH excluding ortho intramolecular Hbond substituents is 7. The van der Waals surface area contributed by atoms with Gasteiger partial charge in [-0.05, 0) is 30.3 Å². The van der Waals surface area contributed by atoms with Gasteiger partial charge in [-0.2, -0.15) is 0 Å². The fourth-order valence-corrected chi connectivity index (χ4v) is 4.78. The maximum atomic E-state index is 13.1. The van der Waals surface area contributed by atoms with Crippen LogP contribution in [0.15, 0.2) is 51.7 Å². The third kappa shape index (κ3) is 5.06. The summed E-state index contributed by atoms with van der Waals surface area (Å²) in [6.07, 6.45) is -9.11. The highest BCUT2D eigenvalue weighted by atomic mass is 16.6. The lowest BCUT2D eigenvalue weighted by Crippen LogP contribution is -2.56. The zero-order chi connectivity index (χ0) is 31.3. The molecule has 1 aliphatic heterocycles. The zero-order valence-corrected chi connectivity index (χ0v) is 21.6. The van der Waals surface area contributed by atoms with E-state index in [0.29, 0.717) is 0 Å². The molecule has 1 aliphatic rings. The van der Waals surface area contributed by atoms with Gasteiger partial charge in [-0.25, -0.2) is 4.79 Å². The van der Waals surface area contributed by atoms with Crippen molar-refractivity contribution in [1.29, 1.82) is 0 Å². The number of aliphatic hydroxyl groups excluding tert-OH is 3. The van der Waals surface area contributed by atoms with Crippen LogP contribution < -0.4 is 5.43 Å². The molecule has 1 saturated heterocycles. The van der Waals surface area contributed by atoms with E-state index in [4.69, 9.17) is 13.9 Å². The van der Waals surface area contributed by atoms with Crippen LogP contribution in [-0.2, 0) is 9.47 Å². The molecule has 0 amide bonds. The summed E-state index contributed by atoms with van der Waals surface area (Å²) in [5.41, 5.74) is -2.28. The summed E-state index contributed by atoms with van der Waals surface area (Å²) in [6.45, 7) is -0.867. The van der Waals surface area contributed by atoms with Gasteiger partial charge in [0.25, 0.3) is 0 Å². The molecule has 0 radical (unpaired) electrons. The summed E-state index contributed by atoms with van der Waals surface area (Å²) in [6, 6.07) is 6.64. The number of hydrogen-bond acceptors (Lipinski definition) is 15. The number of carbonyl (C=O) groups is 1. The van der Waals surface area contributed by atoms with Crippen LogP contribution in [0, 0.1) is 0 Å². The maximum absolute atomic E-state index is 13.1. The fraction of sp³-hybridized carbons (Fsp3) is 0.214. The first-order valence-electron chi connectivity index (χ1n) is 12.5. The van der Waals surface area contributed by atoms with Gasteiger partial charge in [0.2, 0.25) is 0 Å². The second-order valence-corrected chi connectivity index (χ2v) is 9.70. The van der Waals surface area contributed by atoms with Crippen molar-refractivity contribution < 1.29 is 69.8 Å². The van der Waals surface area contributed by atoms with Gasteiger partial charge in [0, 0.05) is 17.7 Å². The lowest BCUT2D eigenvalue weighted by molar-refractivity contribution is -0.231. The summed E-state index contributed by atoms with van der Waals surface area (Å²) in [7, 11) is 0. The molecule has 10 N–H and O–H groups in total. The number of hydrogen-bond donors (Lipinski definition) is 10. The van der Waals surface area contributed by atoms with Crippen molar-refractivity contribution in [3.63, 3.8) is 0 Å². The van der Waals surface area contributed by atoms with Gasteiger partial charge in [-0.15, -0.1) is 0 Å². The lowest BCUT2D eigenvalue weighted by atomic mass is 9.89. The zero-order valence-electron chi connectivity index (χ0n) is 21.6. The van der Waals surface area contributed by atoms with Gasteiger partial charge < -0.3 is 65.0 Å². The van der Waals surface area contributed by atoms with Gasteiger partial charge in [0.1, 0.15) is 47.1 Å². The quantitative estimate of drug-likeness (QED) is 0.112. The van der Waals surface area contributed by atoms with E-state index in [2.05, 4.69) is 0 Å². The fourth-order valence-electron chi connectivity index (χ4n) is 4.78. The summed E-state index contributed by atoms with van der Waals surface area (Å²) in [5.74, 6) is -6.79. The van der Waals surface area contributed by atoms with E-state index in [1.54, 1.807) is 0 Å². The molecule has 15 heteroatoms. The van der Waals surface area contributed by atoms with Gasteiger partial charge in [0.05, 0.1) is 17.7 Å². The van der Waals surface area contributed by atoms with Gasteiger partial charge in [0.15, 0.2) is 45.9 Å². The van der Waals surface area contributed by atoms with E-state index in [1.807, 2.05) is 0 Å². The van der Waals surface area contributed by atoms with E-state index < -0.39 is 111 Å². The Balaban J connectivity index is 1.69. The first-order valence-corrected chi connectivity index (χ1v) is 12.5. The van der Waals surface area contributed by atoms with Crippen LogP contribution in [0.2, 0.25) is 0 Å². The number of aliphatic hydroxyl groups is 3. The summed E-state index contributed by atoms with van der Waals surface area (Å²) in [5, 5.41) is 101. The molecule has 2 heterocycles. The molecule has 15 nitrogen and oxygen atoms in total. The van der Waals surface area contributed by atoms with Crippen molar-refractivity contribution >= 4 is 16.9 Å². The molecule has 1 aromatic heterocycles. The number of rotatable bonds is 5. The molecular weight excluding hydrogens is 576 g/mol. The third-order valence-electron chi connectivity index (χ3n) is 6.96. The molecule has 43 heavy (non-hydrogen) atoms. The second-order valence-electron chi connectivity index (χ2n) is 9.70. The number of benzene rings is 3. The second kappa shape index (κ2) is 10.9. The average molecular weight is 600 g/mol. The molecule has 0 bridgehead atoms. The first kappa shape index (κ1) is 29.3. The van der Waals surface area contributed by atoms with Crippen molar-refractivity contribution in [2.75, 3.05) is 6.61 Å². The Hall–Kier alpha value is -5.22. The largest absolute Gasteiger partial charge is 0.507 e. The monoisotopic (exact) mass is 600 g/mol. The Labute approximate surface area is 239 Å². The van der Waals surface area contributed by atoms with Crippen molar-refractivity contribution in [2.24, 2.45) is 0 Å². The highest BCUT2D eigenvalue weighted by Crippen LogP contribution is 2.45. The molecule has 2 unspecified atom stereocenters. The smallest absolute Gasteiger partial charge is 0.338 e. The molecule has 0 spiro atoms. The van der Waals surface area contributed by atoms with E-state index in [0.717, 1.165) is 36.4 Å². The molecule has 4 aromatic rings. The summed E-state index contributed by atoms with van der Waals surface area (Å²) < 4.78 is 16.9. The van der Waals surface area contributed by atoms with Crippen molar-refractivity contribution in [3.05, 3.63) is 63.8 Å². The minimum Gasteiger partial charge on any atom is -0.507 e. The highest BCUT2D eigenvalue weighted by Gasteiger charge is 2.49. The first-order chi connectivity index (χ1) is 20.3. The van der Waals surface area contributed by atoms with E-state index in [9.17, 15) is 60.7 Å². The number of carbonyl (C=O) groups excluding carboxylic acids is 1. The summed E-state index contributed by atoms with van der Waals surface area (Å²) >= 11 is 0. The minimum atomic E-state index is -2.01. The Morgan fingerprint density at radius 3 is 2.09 bits per heavy atom. The minimum absolute atomic E-state index is 0.0752. The Morgan fingerprint density at radius 2 is 1.47 bits per heavy atom.